The first kappa shape index (κ1) is 13.9. The first-order valence-corrected chi connectivity index (χ1v) is 6.44. The number of aryl methyl sites for hydroxylation is 2. The molecule has 1 aromatic carbocycles. The molecule has 1 atom stereocenters. The Labute approximate surface area is 116 Å². The quantitative estimate of drug-likeness (QED) is 0.939. The van der Waals surface area contributed by atoms with Crippen molar-refractivity contribution in [2.45, 2.75) is 26.3 Å². The lowest BCUT2D eigenvalue weighted by Gasteiger charge is -2.16. The second-order valence-electron chi connectivity index (χ2n) is 4.38. The molecule has 1 unspecified atom stereocenters. The summed E-state index contributed by atoms with van der Waals surface area (Å²) in [6.45, 7) is 3.80. The number of nitrogens with zero attached hydrogens (tertiary/aromatic N) is 2. The van der Waals surface area contributed by atoms with Crippen LogP contribution in [0.3, 0.4) is 0 Å². The van der Waals surface area contributed by atoms with Gasteiger partial charge in [0, 0.05) is 10.6 Å². The van der Waals surface area contributed by atoms with Crippen LogP contribution in [0.1, 0.15) is 35.5 Å². The van der Waals surface area contributed by atoms with Crippen LogP contribution in [-0.2, 0) is 6.42 Å². The third kappa shape index (κ3) is 2.91. The van der Waals surface area contributed by atoms with Gasteiger partial charge in [-0.1, -0.05) is 24.6 Å². The Morgan fingerprint density at radius 1 is 1.26 bits per heavy atom. The van der Waals surface area contributed by atoms with Gasteiger partial charge in [0.15, 0.2) is 0 Å². The zero-order chi connectivity index (χ0) is 14.0. The molecule has 1 heterocycles. The highest BCUT2D eigenvalue weighted by Crippen LogP contribution is 2.26. The lowest BCUT2D eigenvalue weighted by molar-refractivity contribution is 0.597. The Kier molecular flexibility index (Phi) is 4.12. The van der Waals surface area contributed by atoms with Gasteiger partial charge in [-0.3, -0.25) is 0 Å². The number of halogens is 2. The first-order chi connectivity index (χ1) is 9.02. The molecule has 2 aromatic rings. The van der Waals surface area contributed by atoms with E-state index in [0.29, 0.717) is 17.0 Å². The average Bonchev–Trinajstić information content (AvgIpc) is 2.38. The summed E-state index contributed by atoms with van der Waals surface area (Å²) in [5, 5.41) is 8.47. The highest BCUT2D eigenvalue weighted by Gasteiger charge is 2.18. The molecule has 1 aromatic heterocycles. The van der Waals surface area contributed by atoms with E-state index in [4.69, 9.17) is 17.3 Å². The van der Waals surface area contributed by atoms with Crippen molar-refractivity contribution in [3.05, 3.63) is 57.6 Å². The lowest BCUT2D eigenvalue weighted by Crippen LogP contribution is -2.17. The molecule has 0 radical (unpaired) electrons. The van der Waals surface area contributed by atoms with Crippen molar-refractivity contribution in [1.29, 1.82) is 0 Å². The van der Waals surface area contributed by atoms with Gasteiger partial charge in [-0.15, -0.1) is 0 Å². The van der Waals surface area contributed by atoms with Crippen LogP contribution in [0.15, 0.2) is 24.3 Å². The summed E-state index contributed by atoms with van der Waals surface area (Å²) in [5.41, 5.74) is 8.92. The van der Waals surface area contributed by atoms with E-state index in [1.54, 1.807) is 12.1 Å². The average molecular weight is 280 g/mol. The van der Waals surface area contributed by atoms with E-state index in [9.17, 15) is 4.39 Å². The molecule has 19 heavy (non-hydrogen) atoms. The smallest absolute Gasteiger partial charge is 0.129 e. The normalized spacial score (nSPS) is 12.5. The van der Waals surface area contributed by atoms with Crippen LogP contribution in [0, 0.1) is 12.7 Å². The minimum absolute atomic E-state index is 0.355. The van der Waals surface area contributed by atoms with Crippen LogP contribution in [-0.4, -0.2) is 10.2 Å². The van der Waals surface area contributed by atoms with E-state index in [1.165, 1.54) is 6.07 Å². The van der Waals surface area contributed by atoms with Crippen molar-refractivity contribution in [2.75, 3.05) is 0 Å². The zero-order valence-electron chi connectivity index (χ0n) is 10.8. The van der Waals surface area contributed by atoms with Crippen molar-refractivity contribution in [3.8, 4) is 0 Å². The van der Waals surface area contributed by atoms with Gasteiger partial charge in [0.2, 0.25) is 0 Å². The van der Waals surface area contributed by atoms with Crippen molar-refractivity contribution < 1.29 is 4.39 Å². The molecule has 2 N–H and O–H groups in total. The van der Waals surface area contributed by atoms with Crippen LogP contribution >= 0.6 is 11.6 Å². The SMILES string of the molecule is CCc1nnc(C)cc1C(N)c1ccc(Cl)cc1F. The predicted molar refractivity (Wildman–Crippen MR) is 73.6 cm³/mol. The van der Waals surface area contributed by atoms with Gasteiger partial charge >= 0.3 is 0 Å². The summed E-state index contributed by atoms with van der Waals surface area (Å²) in [5.74, 6) is -0.406. The van der Waals surface area contributed by atoms with Crippen molar-refractivity contribution in [2.24, 2.45) is 5.73 Å². The molecule has 0 bridgehead atoms. The summed E-state index contributed by atoms with van der Waals surface area (Å²) in [7, 11) is 0. The van der Waals surface area contributed by atoms with Crippen molar-refractivity contribution in [3.63, 3.8) is 0 Å². The third-order valence-electron chi connectivity index (χ3n) is 2.99. The number of benzene rings is 1. The monoisotopic (exact) mass is 279 g/mol. The summed E-state index contributed by atoms with van der Waals surface area (Å²) in [6.07, 6.45) is 0.700. The van der Waals surface area contributed by atoms with E-state index >= 15 is 0 Å². The Hall–Kier alpha value is -1.52. The van der Waals surface area contributed by atoms with Gasteiger partial charge in [0.05, 0.1) is 17.4 Å². The molecule has 0 aliphatic heterocycles. The number of hydrogen-bond acceptors (Lipinski definition) is 3. The zero-order valence-corrected chi connectivity index (χ0v) is 11.6. The van der Waals surface area contributed by atoms with Gasteiger partial charge in [-0.25, -0.2) is 4.39 Å². The first-order valence-electron chi connectivity index (χ1n) is 6.06. The van der Waals surface area contributed by atoms with E-state index in [0.717, 1.165) is 17.0 Å². The summed E-state index contributed by atoms with van der Waals surface area (Å²) in [4.78, 5) is 0. The number of aromatic nitrogens is 2. The van der Waals surface area contributed by atoms with Crippen LogP contribution in [0.5, 0.6) is 0 Å². The van der Waals surface area contributed by atoms with Gasteiger partial charge in [-0.05, 0) is 37.1 Å². The fraction of sp³-hybridized carbons (Fsp3) is 0.286. The molecule has 3 nitrogen and oxygen atoms in total. The van der Waals surface area contributed by atoms with Crippen LogP contribution in [0.4, 0.5) is 4.39 Å². The molecule has 5 heteroatoms. The van der Waals surface area contributed by atoms with Crippen LogP contribution in [0.2, 0.25) is 5.02 Å². The molecule has 0 aliphatic rings. The number of hydrogen-bond donors (Lipinski definition) is 1. The molecule has 0 spiro atoms. The van der Waals surface area contributed by atoms with Gasteiger partial charge in [0.1, 0.15) is 5.82 Å². The molecule has 0 aliphatic carbocycles. The van der Waals surface area contributed by atoms with E-state index < -0.39 is 11.9 Å². The van der Waals surface area contributed by atoms with Crippen molar-refractivity contribution >= 4 is 11.6 Å². The Morgan fingerprint density at radius 2 is 2.00 bits per heavy atom. The number of rotatable bonds is 3. The minimum atomic E-state index is -0.568. The van der Waals surface area contributed by atoms with Crippen molar-refractivity contribution in [1.82, 2.24) is 10.2 Å². The van der Waals surface area contributed by atoms with Gasteiger partial charge in [0.25, 0.3) is 0 Å². The summed E-state index contributed by atoms with van der Waals surface area (Å²) >= 11 is 5.75. The van der Waals surface area contributed by atoms with Gasteiger partial charge < -0.3 is 5.73 Å². The van der Waals surface area contributed by atoms with E-state index in [-0.39, 0.29) is 0 Å². The minimum Gasteiger partial charge on any atom is -0.320 e. The number of nitrogens with two attached hydrogens (primary N) is 1. The second kappa shape index (κ2) is 5.63. The summed E-state index contributed by atoms with van der Waals surface area (Å²) in [6, 6.07) is 5.79. The fourth-order valence-corrected chi connectivity index (χ4v) is 2.16. The summed E-state index contributed by atoms with van der Waals surface area (Å²) < 4.78 is 13.9. The highest BCUT2D eigenvalue weighted by molar-refractivity contribution is 6.30. The Morgan fingerprint density at radius 3 is 2.63 bits per heavy atom. The van der Waals surface area contributed by atoms with E-state index in [1.807, 2.05) is 19.9 Å². The molecular formula is C14H15ClFN3. The predicted octanol–water partition coefficient (Wildman–Crippen LogP) is 3.19. The molecular weight excluding hydrogens is 265 g/mol. The largest absolute Gasteiger partial charge is 0.320 e. The molecule has 100 valence electrons. The van der Waals surface area contributed by atoms with Crippen LogP contribution in [0.25, 0.3) is 0 Å². The molecule has 0 saturated heterocycles. The maximum absolute atomic E-state index is 13.9. The molecule has 0 fully saturated rings. The maximum Gasteiger partial charge on any atom is 0.129 e. The highest BCUT2D eigenvalue weighted by atomic mass is 35.5. The second-order valence-corrected chi connectivity index (χ2v) is 4.82. The fourth-order valence-electron chi connectivity index (χ4n) is 2.00. The van der Waals surface area contributed by atoms with E-state index in [2.05, 4.69) is 10.2 Å². The Bertz CT molecular complexity index is 601. The maximum atomic E-state index is 13.9. The Balaban J connectivity index is 2.49. The topological polar surface area (TPSA) is 51.8 Å². The van der Waals surface area contributed by atoms with Gasteiger partial charge in [-0.2, -0.15) is 10.2 Å². The third-order valence-corrected chi connectivity index (χ3v) is 3.23. The molecule has 0 amide bonds. The molecule has 0 saturated carbocycles. The lowest BCUT2D eigenvalue weighted by atomic mass is 9.97. The van der Waals surface area contributed by atoms with Crippen LogP contribution < -0.4 is 5.73 Å². The molecule has 2 rings (SSSR count). The standard InChI is InChI=1S/C14H15ClFN3/c1-3-13-11(6-8(2)18-19-13)14(17)10-5-4-9(15)7-12(10)16/h4-7,14H,3,17H2,1-2H3.